The van der Waals surface area contributed by atoms with E-state index >= 15 is 0 Å². The predicted molar refractivity (Wildman–Crippen MR) is 122 cm³/mol. The van der Waals surface area contributed by atoms with Crippen LogP contribution in [-0.2, 0) is 4.74 Å². The average Bonchev–Trinajstić information content (AvgIpc) is 3.08. The van der Waals surface area contributed by atoms with Gasteiger partial charge in [-0.05, 0) is 38.6 Å². The Bertz CT molecular complexity index is 1090. The van der Waals surface area contributed by atoms with Crippen molar-refractivity contribution < 1.29 is 9.47 Å². The van der Waals surface area contributed by atoms with Gasteiger partial charge in [-0.3, -0.25) is 0 Å². The molecule has 1 aromatic carbocycles. The molecule has 0 atom stereocenters. The second-order valence-corrected chi connectivity index (χ2v) is 7.56. The molecule has 0 unspecified atom stereocenters. The van der Waals surface area contributed by atoms with Crippen LogP contribution in [0.4, 0.5) is 5.82 Å². The van der Waals surface area contributed by atoms with E-state index in [4.69, 9.17) is 15.3 Å². The molecular weight excluding hydrogens is 394 g/mol. The highest BCUT2D eigenvalue weighted by molar-refractivity contribution is 6.13. The molecule has 1 aliphatic heterocycles. The molecule has 0 bridgehead atoms. The summed E-state index contributed by atoms with van der Waals surface area (Å²) in [5, 5.41) is 8.30. The maximum absolute atomic E-state index is 5.86. The molecule has 1 aliphatic rings. The Labute approximate surface area is 181 Å². The molecular formula is C22H29N7O2. The van der Waals surface area contributed by atoms with Crippen molar-refractivity contribution in [1.29, 1.82) is 0 Å². The highest BCUT2D eigenvalue weighted by Gasteiger charge is 2.19. The second-order valence-electron chi connectivity index (χ2n) is 7.56. The van der Waals surface area contributed by atoms with E-state index in [2.05, 4.69) is 50.2 Å². The van der Waals surface area contributed by atoms with Crippen LogP contribution in [0.5, 0.6) is 6.01 Å². The Morgan fingerprint density at radius 1 is 1.26 bits per heavy atom. The number of hydrogen-bond acceptors (Lipinski definition) is 8. The van der Waals surface area contributed by atoms with Gasteiger partial charge in [0.1, 0.15) is 23.8 Å². The largest absolute Gasteiger partial charge is 0.462 e. The van der Waals surface area contributed by atoms with Crippen molar-refractivity contribution in [2.45, 2.75) is 13.8 Å². The van der Waals surface area contributed by atoms with Crippen molar-refractivity contribution in [2.24, 2.45) is 10.9 Å². The normalized spacial score (nSPS) is 14.9. The Kier molecular flexibility index (Phi) is 6.34. The molecule has 31 heavy (non-hydrogen) atoms. The molecule has 0 spiro atoms. The lowest BCUT2D eigenvalue weighted by Crippen LogP contribution is -2.37. The molecule has 2 aromatic heterocycles. The monoisotopic (exact) mass is 423 g/mol. The number of likely N-dealkylation sites (N-methyl/N-ethyl adjacent to an activating group) is 1. The summed E-state index contributed by atoms with van der Waals surface area (Å²) in [6.07, 6.45) is 0. The number of fused-ring (bicyclic) bond motifs is 1. The smallest absolute Gasteiger partial charge is 0.319 e. The Balaban J connectivity index is 1.74. The van der Waals surface area contributed by atoms with E-state index in [0.29, 0.717) is 43.8 Å². The van der Waals surface area contributed by atoms with Gasteiger partial charge in [0.05, 0.1) is 13.2 Å². The zero-order valence-electron chi connectivity index (χ0n) is 18.2. The second kappa shape index (κ2) is 9.32. The van der Waals surface area contributed by atoms with Gasteiger partial charge < -0.3 is 30.5 Å². The molecule has 0 radical (unpaired) electrons. The van der Waals surface area contributed by atoms with E-state index in [1.807, 2.05) is 25.2 Å². The van der Waals surface area contributed by atoms with Gasteiger partial charge in [-0.25, -0.2) is 0 Å². The number of hydrazone groups is 1. The number of morpholine rings is 1. The van der Waals surface area contributed by atoms with Crippen molar-refractivity contribution in [3.05, 3.63) is 46.8 Å². The SMILES string of the molecule is CNCCOc1nc(/C(=N\N)c2ccc3[nH]c(C)c(C)c3c2)cc(N2CCOCC2)n1. The van der Waals surface area contributed by atoms with Crippen molar-refractivity contribution in [2.75, 3.05) is 51.4 Å². The minimum absolute atomic E-state index is 0.310. The summed E-state index contributed by atoms with van der Waals surface area (Å²) >= 11 is 0. The predicted octanol–water partition coefficient (Wildman–Crippen LogP) is 1.72. The van der Waals surface area contributed by atoms with Gasteiger partial charge in [0.25, 0.3) is 0 Å². The van der Waals surface area contributed by atoms with E-state index < -0.39 is 0 Å². The number of ether oxygens (including phenoxy) is 2. The number of nitrogens with zero attached hydrogens (tertiary/aromatic N) is 4. The Hall–Kier alpha value is -3.17. The lowest BCUT2D eigenvalue weighted by Gasteiger charge is -2.28. The van der Waals surface area contributed by atoms with Crippen molar-refractivity contribution in [3.63, 3.8) is 0 Å². The molecule has 164 valence electrons. The number of nitrogens with two attached hydrogens (primary N) is 1. The Morgan fingerprint density at radius 3 is 2.81 bits per heavy atom. The minimum atomic E-state index is 0.310. The lowest BCUT2D eigenvalue weighted by molar-refractivity contribution is 0.122. The number of benzene rings is 1. The number of aromatic amines is 1. The molecule has 0 amide bonds. The van der Waals surface area contributed by atoms with Gasteiger partial charge in [-0.15, -0.1) is 0 Å². The molecule has 1 saturated heterocycles. The molecule has 4 N–H and O–H groups in total. The standard InChI is InChI=1S/C22H29N7O2/c1-14-15(2)25-18-5-4-16(12-17(14)18)21(28-23)19-13-20(29-7-10-30-11-8-29)27-22(26-19)31-9-6-24-3/h4-5,12-13,24-25H,6-11,23H2,1-3H3/b28-21-. The van der Waals surface area contributed by atoms with Crippen molar-refractivity contribution in [3.8, 4) is 6.01 Å². The van der Waals surface area contributed by atoms with Crippen LogP contribution in [0, 0.1) is 13.8 Å². The van der Waals surface area contributed by atoms with E-state index in [0.717, 1.165) is 41.1 Å². The molecule has 9 heteroatoms. The topological polar surface area (TPSA) is 114 Å². The molecule has 3 aromatic rings. The third-order valence-electron chi connectivity index (χ3n) is 5.56. The van der Waals surface area contributed by atoms with E-state index in [1.54, 1.807) is 0 Å². The Morgan fingerprint density at radius 2 is 2.06 bits per heavy atom. The first kappa shape index (κ1) is 21.1. The summed E-state index contributed by atoms with van der Waals surface area (Å²) in [5.74, 6) is 6.64. The van der Waals surface area contributed by atoms with Gasteiger partial charge in [-0.1, -0.05) is 6.07 Å². The van der Waals surface area contributed by atoms with E-state index in [9.17, 15) is 0 Å². The van der Waals surface area contributed by atoms with Crippen LogP contribution in [0.15, 0.2) is 29.4 Å². The van der Waals surface area contributed by atoms with Crippen LogP contribution >= 0.6 is 0 Å². The minimum Gasteiger partial charge on any atom is -0.462 e. The van der Waals surface area contributed by atoms with Crippen molar-refractivity contribution in [1.82, 2.24) is 20.3 Å². The number of anilines is 1. The number of H-pyrrole nitrogens is 1. The van der Waals surface area contributed by atoms with Gasteiger partial charge in [0.15, 0.2) is 0 Å². The van der Waals surface area contributed by atoms with E-state index in [1.165, 1.54) is 5.56 Å². The molecule has 1 fully saturated rings. The fourth-order valence-electron chi connectivity index (χ4n) is 3.69. The van der Waals surface area contributed by atoms with Gasteiger partial charge >= 0.3 is 6.01 Å². The number of nitrogens with one attached hydrogen (secondary N) is 2. The fourth-order valence-corrected chi connectivity index (χ4v) is 3.69. The summed E-state index contributed by atoms with van der Waals surface area (Å²) in [4.78, 5) is 14.8. The molecule has 0 aliphatic carbocycles. The number of aryl methyl sites for hydroxylation is 2. The number of rotatable bonds is 7. The summed E-state index contributed by atoms with van der Waals surface area (Å²) in [6, 6.07) is 8.37. The van der Waals surface area contributed by atoms with Crippen molar-refractivity contribution >= 4 is 22.4 Å². The molecule has 3 heterocycles. The van der Waals surface area contributed by atoms with Gasteiger partial charge in [-0.2, -0.15) is 15.1 Å². The van der Waals surface area contributed by atoms with Gasteiger partial charge in [0, 0.05) is 47.9 Å². The molecule has 0 saturated carbocycles. The maximum atomic E-state index is 5.86. The average molecular weight is 424 g/mol. The summed E-state index contributed by atoms with van der Waals surface area (Å²) in [6.45, 7) is 8.18. The van der Waals surface area contributed by atoms with Crippen LogP contribution < -0.4 is 20.8 Å². The summed E-state index contributed by atoms with van der Waals surface area (Å²) in [5.41, 5.74) is 5.56. The lowest BCUT2D eigenvalue weighted by atomic mass is 10.0. The summed E-state index contributed by atoms with van der Waals surface area (Å²) < 4.78 is 11.3. The third-order valence-corrected chi connectivity index (χ3v) is 5.56. The van der Waals surface area contributed by atoms with Crippen LogP contribution in [0.2, 0.25) is 0 Å². The first-order valence-corrected chi connectivity index (χ1v) is 10.5. The highest BCUT2D eigenvalue weighted by atomic mass is 16.5. The quantitative estimate of drug-likeness (QED) is 0.229. The maximum Gasteiger partial charge on any atom is 0.319 e. The van der Waals surface area contributed by atoms with Gasteiger partial charge in [0.2, 0.25) is 0 Å². The van der Waals surface area contributed by atoms with Crippen LogP contribution in [0.25, 0.3) is 10.9 Å². The third kappa shape index (κ3) is 4.47. The van der Waals surface area contributed by atoms with E-state index in [-0.39, 0.29) is 0 Å². The first-order valence-electron chi connectivity index (χ1n) is 10.5. The zero-order chi connectivity index (χ0) is 21.8. The number of hydrogen-bond donors (Lipinski definition) is 3. The molecule has 9 nitrogen and oxygen atoms in total. The molecule has 4 rings (SSSR count). The zero-order valence-corrected chi connectivity index (χ0v) is 18.2. The highest BCUT2D eigenvalue weighted by Crippen LogP contribution is 2.25. The van der Waals surface area contributed by atoms with Crippen LogP contribution in [0.1, 0.15) is 22.5 Å². The van der Waals surface area contributed by atoms with Crippen LogP contribution in [-0.4, -0.2) is 67.2 Å². The number of aromatic nitrogens is 3. The summed E-state index contributed by atoms with van der Waals surface area (Å²) in [7, 11) is 1.87. The first-order chi connectivity index (χ1) is 15.1. The van der Waals surface area contributed by atoms with Crippen LogP contribution in [0.3, 0.4) is 0 Å². The fraction of sp³-hybridized carbons (Fsp3) is 0.409.